The van der Waals surface area contributed by atoms with Crippen molar-refractivity contribution in [1.82, 2.24) is 15.5 Å². The van der Waals surface area contributed by atoms with Crippen molar-refractivity contribution < 1.29 is 14.3 Å². The largest absolute Gasteiger partial charge is 0.497 e. The molecule has 8 nitrogen and oxygen atoms in total. The Labute approximate surface area is 141 Å². The van der Waals surface area contributed by atoms with Gasteiger partial charge in [0.15, 0.2) is 0 Å². The van der Waals surface area contributed by atoms with E-state index >= 15 is 0 Å². The van der Waals surface area contributed by atoms with E-state index in [4.69, 9.17) is 10.5 Å². The van der Waals surface area contributed by atoms with Gasteiger partial charge >= 0.3 is 12.1 Å². The molecule has 2 rings (SSSR count). The van der Waals surface area contributed by atoms with Crippen LogP contribution >= 0.6 is 0 Å². The van der Waals surface area contributed by atoms with Crippen LogP contribution in [0, 0.1) is 0 Å². The number of benzene rings is 1. The minimum absolute atomic E-state index is 0.0767. The molecule has 0 spiro atoms. The number of nitrogens with zero attached hydrogens (tertiary/aromatic N) is 1. The van der Waals surface area contributed by atoms with Gasteiger partial charge in [0, 0.05) is 37.9 Å². The van der Waals surface area contributed by atoms with E-state index in [1.54, 1.807) is 36.3 Å². The molecule has 24 heavy (non-hydrogen) atoms. The van der Waals surface area contributed by atoms with E-state index in [1.807, 2.05) is 0 Å². The second-order valence-electron chi connectivity index (χ2n) is 5.61. The summed E-state index contributed by atoms with van der Waals surface area (Å²) in [4.78, 5) is 25.6. The average Bonchev–Trinajstić information content (AvgIpc) is 2.61. The Morgan fingerprint density at radius 3 is 2.50 bits per heavy atom. The Bertz CT molecular complexity index is 541. The standard InChI is InChI=1S/C16H25N5O3/c1-24-14-4-2-12(3-5-14)20-16(23)21-10-6-13(7-11-21)19-15(22)18-9-8-17/h2-5,13H,6-11,17H2,1H3,(H,20,23)(H2,18,19,22). The van der Waals surface area contributed by atoms with E-state index in [-0.39, 0.29) is 18.1 Å². The number of carbonyl (C=O) groups is 2. The number of nitrogens with one attached hydrogen (secondary N) is 3. The Kier molecular flexibility index (Phi) is 6.68. The molecular formula is C16H25N5O3. The molecule has 0 atom stereocenters. The predicted octanol–water partition coefficient (Wildman–Crippen LogP) is 0.949. The first-order chi connectivity index (χ1) is 11.6. The van der Waals surface area contributed by atoms with Crippen molar-refractivity contribution in [3.8, 4) is 5.75 Å². The molecule has 0 bridgehead atoms. The zero-order chi connectivity index (χ0) is 17.4. The van der Waals surface area contributed by atoms with Crippen LogP contribution in [-0.2, 0) is 0 Å². The van der Waals surface area contributed by atoms with Crippen LogP contribution in [0.3, 0.4) is 0 Å². The normalized spacial score (nSPS) is 14.8. The molecule has 1 saturated heterocycles. The molecule has 0 saturated carbocycles. The van der Waals surface area contributed by atoms with Crippen molar-refractivity contribution in [2.75, 3.05) is 38.6 Å². The van der Waals surface area contributed by atoms with Gasteiger partial charge in [-0.1, -0.05) is 0 Å². The number of carbonyl (C=O) groups excluding carboxylic acids is 2. The van der Waals surface area contributed by atoms with Gasteiger partial charge in [-0.05, 0) is 37.1 Å². The maximum absolute atomic E-state index is 12.3. The van der Waals surface area contributed by atoms with Gasteiger partial charge in [-0.15, -0.1) is 0 Å². The SMILES string of the molecule is COc1ccc(NC(=O)N2CCC(NC(=O)NCCN)CC2)cc1. The fraction of sp³-hybridized carbons (Fsp3) is 0.500. The monoisotopic (exact) mass is 335 g/mol. The van der Waals surface area contributed by atoms with E-state index in [9.17, 15) is 9.59 Å². The molecule has 1 fully saturated rings. The molecule has 8 heteroatoms. The smallest absolute Gasteiger partial charge is 0.321 e. The molecule has 1 aliphatic heterocycles. The molecule has 4 amide bonds. The van der Waals surface area contributed by atoms with Crippen molar-refractivity contribution >= 4 is 17.7 Å². The van der Waals surface area contributed by atoms with Gasteiger partial charge in [0.25, 0.3) is 0 Å². The lowest BCUT2D eigenvalue weighted by Crippen LogP contribution is -2.50. The highest BCUT2D eigenvalue weighted by Gasteiger charge is 2.23. The number of nitrogens with two attached hydrogens (primary N) is 1. The third-order valence-corrected chi connectivity index (χ3v) is 3.89. The van der Waals surface area contributed by atoms with Crippen molar-refractivity contribution in [3.05, 3.63) is 24.3 Å². The molecule has 1 aromatic rings. The van der Waals surface area contributed by atoms with E-state index < -0.39 is 0 Å². The molecule has 1 heterocycles. The average molecular weight is 335 g/mol. The van der Waals surface area contributed by atoms with E-state index in [0.29, 0.717) is 26.2 Å². The van der Waals surface area contributed by atoms with Crippen molar-refractivity contribution in [3.63, 3.8) is 0 Å². The lowest BCUT2D eigenvalue weighted by atomic mass is 10.1. The summed E-state index contributed by atoms with van der Waals surface area (Å²) in [6.07, 6.45) is 1.46. The number of likely N-dealkylation sites (tertiary alicyclic amines) is 1. The first-order valence-corrected chi connectivity index (χ1v) is 8.07. The van der Waals surface area contributed by atoms with E-state index in [1.165, 1.54) is 0 Å². The van der Waals surface area contributed by atoms with Crippen LogP contribution < -0.4 is 26.4 Å². The van der Waals surface area contributed by atoms with Crippen LogP contribution in [0.5, 0.6) is 5.75 Å². The summed E-state index contributed by atoms with van der Waals surface area (Å²) in [5, 5.41) is 8.44. The van der Waals surface area contributed by atoms with Gasteiger partial charge in [0.05, 0.1) is 7.11 Å². The fourth-order valence-corrected chi connectivity index (χ4v) is 2.53. The Hall–Kier alpha value is -2.48. The predicted molar refractivity (Wildman–Crippen MR) is 92.2 cm³/mol. The van der Waals surface area contributed by atoms with Crippen molar-refractivity contribution in [2.24, 2.45) is 5.73 Å². The van der Waals surface area contributed by atoms with Crippen LogP contribution in [0.25, 0.3) is 0 Å². The Morgan fingerprint density at radius 1 is 1.25 bits per heavy atom. The zero-order valence-electron chi connectivity index (χ0n) is 13.9. The first kappa shape index (κ1) is 17.9. The van der Waals surface area contributed by atoms with Gasteiger partial charge in [-0.3, -0.25) is 0 Å². The molecule has 0 radical (unpaired) electrons. The van der Waals surface area contributed by atoms with Crippen LogP contribution in [0.1, 0.15) is 12.8 Å². The molecular weight excluding hydrogens is 310 g/mol. The van der Waals surface area contributed by atoms with E-state index in [2.05, 4.69) is 16.0 Å². The topological polar surface area (TPSA) is 109 Å². The number of piperidine rings is 1. The second kappa shape index (κ2) is 8.97. The minimum atomic E-state index is -0.207. The highest BCUT2D eigenvalue weighted by molar-refractivity contribution is 5.89. The van der Waals surface area contributed by atoms with Crippen LogP contribution in [0.15, 0.2) is 24.3 Å². The molecule has 0 unspecified atom stereocenters. The Balaban J connectivity index is 1.74. The molecule has 5 N–H and O–H groups in total. The number of amides is 4. The second-order valence-corrected chi connectivity index (χ2v) is 5.61. The maximum Gasteiger partial charge on any atom is 0.321 e. The van der Waals surface area contributed by atoms with Gasteiger partial charge in [0.2, 0.25) is 0 Å². The molecule has 1 aliphatic rings. The van der Waals surface area contributed by atoms with Crippen molar-refractivity contribution in [2.45, 2.75) is 18.9 Å². The lowest BCUT2D eigenvalue weighted by Gasteiger charge is -2.32. The number of rotatable bonds is 5. The minimum Gasteiger partial charge on any atom is -0.497 e. The highest BCUT2D eigenvalue weighted by atomic mass is 16.5. The number of hydrogen-bond acceptors (Lipinski definition) is 4. The summed E-state index contributed by atoms with van der Waals surface area (Å²) >= 11 is 0. The maximum atomic E-state index is 12.3. The zero-order valence-corrected chi connectivity index (χ0v) is 13.9. The summed E-state index contributed by atoms with van der Waals surface area (Å²) in [5.41, 5.74) is 6.06. The fourth-order valence-electron chi connectivity index (χ4n) is 2.53. The highest BCUT2D eigenvalue weighted by Crippen LogP contribution is 2.17. The number of anilines is 1. The molecule has 0 aromatic heterocycles. The summed E-state index contributed by atoms with van der Waals surface area (Å²) in [5.74, 6) is 0.743. The number of ether oxygens (including phenoxy) is 1. The lowest BCUT2D eigenvalue weighted by molar-refractivity contribution is 0.187. The third-order valence-electron chi connectivity index (χ3n) is 3.89. The molecule has 1 aromatic carbocycles. The van der Waals surface area contributed by atoms with Crippen molar-refractivity contribution in [1.29, 1.82) is 0 Å². The summed E-state index contributed by atoms with van der Waals surface area (Å²) in [7, 11) is 1.60. The summed E-state index contributed by atoms with van der Waals surface area (Å²) in [6, 6.07) is 6.93. The van der Waals surface area contributed by atoms with Gasteiger partial charge in [0.1, 0.15) is 5.75 Å². The van der Waals surface area contributed by atoms with Crippen LogP contribution in [0.2, 0.25) is 0 Å². The number of urea groups is 2. The summed E-state index contributed by atoms with van der Waals surface area (Å²) < 4.78 is 5.09. The quantitative estimate of drug-likeness (QED) is 0.642. The first-order valence-electron chi connectivity index (χ1n) is 8.07. The Morgan fingerprint density at radius 2 is 1.92 bits per heavy atom. The van der Waals surface area contributed by atoms with Crippen LogP contribution in [0.4, 0.5) is 15.3 Å². The molecule has 132 valence electrons. The van der Waals surface area contributed by atoms with Gasteiger partial charge in [-0.2, -0.15) is 0 Å². The van der Waals surface area contributed by atoms with Crippen LogP contribution in [-0.4, -0.2) is 56.3 Å². The number of methoxy groups -OCH3 is 1. The number of hydrogen-bond donors (Lipinski definition) is 4. The molecule has 0 aliphatic carbocycles. The van der Waals surface area contributed by atoms with Gasteiger partial charge < -0.3 is 31.3 Å². The summed E-state index contributed by atoms with van der Waals surface area (Å²) in [6.45, 7) is 2.07. The van der Waals surface area contributed by atoms with E-state index in [0.717, 1.165) is 24.3 Å². The van der Waals surface area contributed by atoms with Gasteiger partial charge in [-0.25, -0.2) is 9.59 Å². The third kappa shape index (κ3) is 5.31.